The van der Waals surface area contributed by atoms with Gasteiger partial charge in [-0.15, -0.1) is 10.2 Å². The van der Waals surface area contributed by atoms with Crippen LogP contribution in [0.5, 0.6) is 0 Å². The van der Waals surface area contributed by atoms with Gasteiger partial charge in [-0.3, -0.25) is 4.79 Å². The van der Waals surface area contributed by atoms with Crippen LogP contribution in [-0.4, -0.2) is 16.1 Å². The molecule has 0 aliphatic heterocycles. The number of hydrogen-bond donors (Lipinski definition) is 2. The molecule has 0 unspecified atom stereocenters. The summed E-state index contributed by atoms with van der Waals surface area (Å²) in [6.07, 6.45) is -4.42. The minimum absolute atomic E-state index is 0.0557. The first-order chi connectivity index (χ1) is 12.9. The molecule has 0 bridgehead atoms. The van der Waals surface area contributed by atoms with Crippen LogP contribution < -0.4 is 10.6 Å². The number of nitrogens with zero attached hydrogens (tertiary/aromatic N) is 2. The van der Waals surface area contributed by atoms with E-state index in [2.05, 4.69) is 20.8 Å². The Balaban J connectivity index is 1.58. The highest BCUT2D eigenvalue weighted by atomic mass is 19.4. The van der Waals surface area contributed by atoms with Gasteiger partial charge in [-0.25, -0.2) is 0 Å². The summed E-state index contributed by atoms with van der Waals surface area (Å²) in [6, 6.07) is 17.0. The maximum Gasteiger partial charge on any atom is 0.416 e. The van der Waals surface area contributed by atoms with Crippen molar-refractivity contribution in [1.82, 2.24) is 10.2 Å². The summed E-state index contributed by atoms with van der Waals surface area (Å²) in [5, 5.41) is 13.3. The standard InChI is InChI=1S/C19H15F3N4O/c20-19(21,22)14-6-8-15(9-7-14)24-18(27)16-10-11-17(26-25-16)23-12-13-4-2-1-3-5-13/h1-11H,12H2,(H,23,26)(H,24,27). The zero-order valence-corrected chi connectivity index (χ0v) is 14.0. The Kier molecular flexibility index (Phi) is 5.35. The molecule has 1 heterocycles. The van der Waals surface area contributed by atoms with Gasteiger partial charge in [0.25, 0.3) is 5.91 Å². The molecule has 3 rings (SSSR count). The van der Waals surface area contributed by atoms with E-state index in [1.54, 1.807) is 6.07 Å². The molecule has 2 N–H and O–H groups in total. The molecule has 0 saturated carbocycles. The molecule has 0 atom stereocenters. The summed E-state index contributed by atoms with van der Waals surface area (Å²) >= 11 is 0. The molecule has 1 amide bonds. The number of hydrogen-bond acceptors (Lipinski definition) is 4. The van der Waals surface area contributed by atoms with Gasteiger partial charge in [-0.05, 0) is 42.0 Å². The number of nitrogens with one attached hydrogen (secondary N) is 2. The number of amides is 1. The third-order valence-electron chi connectivity index (χ3n) is 3.68. The van der Waals surface area contributed by atoms with E-state index in [0.717, 1.165) is 17.7 Å². The van der Waals surface area contributed by atoms with Crippen LogP contribution in [-0.2, 0) is 12.7 Å². The highest BCUT2D eigenvalue weighted by Gasteiger charge is 2.30. The van der Waals surface area contributed by atoms with Gasteiger partial charge < -0.3 is 10.6 Å². The lowest BCUT2D eigenvalue weighted by Crippen LogP contribution is -2.15. The molecule has 0 radical (unpaired) electrons. The first-order valence-electron chi connectivity index (χ1n) is 8.02. The molecule has 27 heavy (non-hydrogen) atoms. The number of anilines is 2. The van der Waals surface area contributed by atoms with Crippen molar-refractivity contribution >= 4 is 17.4 Å². The third-order valence-corrected chi connectivity index (χ3v) is 3.68. The lowest BCUT2D eigenvalue weighted by atomic mass is 10.2. The van der Waals surface area contributed by atoms with Gasteiger partial charge in [0.2, 0.25) is 0 Å². The fourth-order valence-electron chi connectivity index (χ4n) is 2.27. The van der Waals surface area contributed by atoms with Crippen molar-refractivity contribution < 1.29 is 18.0 Å². The van der Waals surface area contributed by atoms with Crippen LogP contribution in [0.2, 0.25) is 0 Å². The van der Waals surface area contributed by atoms with Crippen molar-refractivity contribution in [3.05, 3.63) is 83.6 Å². The summed E-state index contributed by atoms with van der Waals surface area (Å²) in [5.41, 5.74) is 0.582. The predicted molar refractivity (Wildman–Crippen MR) is 95.2 cm³/mol. The van der Waals surface area contributed by atoms with E-state index in [4.69, 9.17) is 0 Å². The van der Waals surface area contributed by atoms with Crippen molar-refractivity contribution in [3.63, 3.8) is 0 Å². The Morgan fingerprint density at radius 2 is 1.59 bits per heavy atom. The van der Waals surface area contributed by atoms with Crippen molar-refractivity contribution in [2.24, 2.45) is 0 Å². The van der Waals surface area contributed by atoms with Crippen LogP contribution in [0.1, 0.15) is 21.6 Å². The predicted octanol–water partition coefficient (Wildman–Crippen LogP) is 4.36. The van der Waals surface area contributed by atoms with E-state index >= 15 is 0 Å². The smallest absolute Gasteiger partial charge is 0.365 e. The second kappa shape index (κ2) is 7.86. The van der Waals surface area contributed by atoms with Gasteiger partial charge >= 0.3 is 6.18 Å². The van der Waals surface area contributed by atoms with Crippen LogP contribution in [0.3, 0.4) is 0 Å². The molecule has 0 fully saturated rings. The largest absolute Gasteiger partial charge is 0.416 e. The SMILES string of the molecule is O=C(Nc1ccc(C(F)(F)F)cc1)c1ccc(NCc2ccccc2)nn1. The Morgan fingerprint density at radius 1 is 0.889 bits per heavy atom. The lowest BCUT2D eigenvalue weighted by Gasteiger charge is -2.09. The molecule has 2 aromatic carbocycles. The molecular formula is C19H15F3N4O. The number of alkyl halides is 3. The molecule has 5 nitrogen and oxygen atoms in total. The maximum absolute atomic E-state index is 12.5. The molecule has 0 aliphatic carbocycles. The summed E-state index contributed by atoms with van der Waals surface area (Å²) in [7, 11) is 0. The van der Waals surface area contributed by atoms with E-state index in [1.165, 1.54) is 18.2 Å². The van der Waals surface area contributed by atoms with Crippen LogP contribution >= 0.6 is 0 Å². The van der Waals surface area contributed by atoms with Crippen LogP contribution in [0.25, 0.3) is 0 Å². The third kappa shape index (κ3) is 5.04. The Labute approximate surface area is 153 Å². The zero-order valence-electron chi connectivity index (χ0n) is 14.0. The first kappa shape index (κ1) is 18.4. The molecule has 0 saturated heterocycles. The van der Waals surface area contributed by atoms with Gasteiger partial charge in [-0.1, -0.05) is 30.3 Å². The Bertz CT molecular complexity index is 895. The topological polar surface area (TPSA) is 66.9 Å². The molecular weight excluding hydrogens is 357 g/mol. The quantitative estimate of drug-likeness (QED) is 0.698. The molecule has 0 aliphatic rings. The summed E-state index contributed by atoms with van der Waals surface area (Å²) < 4.78 is 37.6. The van der Waals surface area contributed by atoms with E-state index in [0.29, 0.717) is 12.4 Å². The van der Waals surface area contributed by atoms with Crippen LogP contribution in [0, 0.1) is 0 Å². The van der Waals surface area contributed by atoms with Gasteiger partial charge in [0.15, 0.2) is 5.69 Å². The molecule has 1 aromatic heterocycles. The van der Waals surface area contributed by atoms with E-state index in [1.807, 2.05) is 30.3 Å². The summed E-state index contributed by atoms with van der Waals surface area (Å²) in [6.45, 7) is 0.562. The van der Waals surface area contributed by atoms with Gasteiger partial charge in [-0.2, -0.15) is 13.2 Å². The monoisotopic (exact) mass is 372 g/mol. The molecule has 8 heteroatoms. The normalized spacial score (nSPS) is 11.1. The lowest BCUT2D eigenvalue weighted by molar-refractivity contribution is -0.137. The second-order valence-corrected chi connectivity index (χ2v) is 5.67. The minimum atomic E-state index is -4.42. The van der Waals surface area contributed by atoms with Crippen molar-refractivity contribution in [1.29, 1.82) is 0 Å². The van der Waals surface area contributed by atoms with Gasteiger partial charge in [0.1, 0.15) is 5.82 Å². The average Bonchev–Trinajstić information content (AvgIpc) is 2.67. The van der Waals surface area contributed by atoms with Gasteiger partial charge in [0, 0.05) is 12.2 Å². The highest BCUT2D eigenvalue weighted by molar-refractivity contribution is 6.02. The number of carbonyl (C=O) groups excluding carboxylic acids is 1. The van der Waals surface area contributed by atoms with Crippen LogP contribution in [0.15, 0.2) is 66.7 Å². The average molecular weight is 372 g/mol. The zero-order chi connectivity index (χ0) is 19.3. The van der Waals surface area contributed by atoms with E-state index in [-0.39, 0.29) is 11.4 Å². The van der Waals surface area contributed by atoms with Gasteiger partial charge in [0.05, 0.1) is 5.56 Å². The fraction of sp³-hybridized carbons (Fsp3) is 0.105. The van der Waals surface area contributed by atoms with E-state index < -0.39 is 17.6 Å². The number of rotatable bonds is 5. The first-order valence-corrected chi connectivity index (χ1v) is 8.02. The Hall–Kier alpha value is -3.42. The number of aromatic nitrogens is 2. The molecule has 138 valence electrons. The van der Waals surface area contributed by atoms with E-state index in [9.17, 15) is 18.0 Å². The summed E-state index contributed by atoms with van der Waals surface area (Å²) in [5.74, 6) is -0.0539. The van der Waals surface area contributed by atoms with Crippen LogP contribution in [0.4, 0.5) is 24.7 Å². The number of halogens is 3. The molecule has 0 spiro atoms. The van der Waals surface area contributed by atoms with Crippen molar-refractivity contribution in [3.8, 4) is 0 Å². The second-order valence-electron chi connectivity index (χ2n) is 5.67. The fourth-order valence-corrected chi connectivity index (χ4v) is 2.27. The Morgan fingerprint density at radius 3 is 2.19 bits per heavy atom. The summed E-state index contributed by atoms with van der Waals surface area (Å²) in [4.78, 5) is 12.1. The highest BCUT2D eigenvalue weighted by Crippen LogP contribution is 2.29. The molecule has 3 aromatic rings. The van der Waals surface area contributed by atoms with Crippen molar-refractivity contribution in [2.45, 2.75) is 12.7 Å². The number of carbonyl (C=O) groups is 1. The number of benzene rings is 2. The maximum atomic E-state index is 12.5. The van der Waals surface area contributed by atoms with Crippen molar-refractivity contribution in [2.75, 3.05) is 10.6 Å². The minimum Gasteiger partial charge on any atom is -0.365 e.